The molecule has 0 aromatic rings. The quantitative estimate of drug-likeness (QED) is 0.676. The summed E-state index contributed by atoms with van der Waals surface area (Å²) in [4.78, 5) is 2.54. The number of rotatable bonds is 8. The molecule has 0 aliphatic heterocycles. The van der Waals surface area contributed by atoms with Crippen LogP contribution in [0.5, 0.6) is 0 Å². The van der Waals surface area contributed by atoms with Crippen molar-refractivity contribution in [3.05, 3.63) is 0 Å². The maximum absolute atomic E-state index is 3.19. The van der Waals surface area contributed by atoms with E-state index >= 15 is 0 Å². The van der Waals surface area contributed by atoms with Crippen LogP contribution in [0, 0.1) is 0 Å². The van der Waals surface area contributed by atoms with E-state index in [0.717, 1.165) is 6.54 Å². The largest absolute Gasteiger partial charge is 0.318 e. The van der Waals surface area contributed by atoms with Crippen LogP contribution in [0.4, 0.5) is 0 Å². The normalized spacial score (nSPS) is 8.33. The topological polar surface area (TPSA) is 15.3 Å². The van der Waals surface area contributed by atoms with Gasteiger partial charge in [-0.05, 0) is 33.0 Å². The molecule has 2 heteroatoms. The van der Waals surface area contributed by atoms with E-state index in [2.05, 4.69) is 24.1 Å². The van der Waals surface area contributed by atoms with Gasteiger partial charge in [0.15, 0.2) is 0 Å². The van der Waals surface area contributed by atoms with Crippen LogP contribution in [0.3, 0.4) is 0 Å². The minimum Gasteiger partial charge on any atom is -0.318 e. The van der Waals surface area contributed by atoms with Crippen LogP contribution in [0.1, 0.15) is 74.7 Å². The fourth-order valence-corrected chi connectivity index (χ4v) is 1.30. The number of hydrogen-bond acceptors (Lipinski definition) is 2. The van der Waals surface area contributed by atoms with Gasteiger partial charge in [-0.3, -0.25) is 0 Å². The van der Waals surface area contributed by atoms with Gasteiger partial charge in [0.05, 0.1) is 0 Å². The van der Waals surface area contributed by atoms with Crippen molar-refractivity contribution in [3.63, 3.8) is 0 Å². The Labute approximate surface area is 119 Å². The lowest BCUT2D eigenvalue weighted by Gasteiger charge is -2.20. The third-order valence-electron chi connectivity index (χ3n) is 2.05. The molecule has 0 bridgehead atoms. The van der Waals surface area contributed by atoms with E-state index in [-0.39, 0.29) is 0 Å². The molecule has 0 fully saturated rings. The van der Waals surface area contributed by atoms with Gasteiger partial charge in [-0.15, -0.1) is 0 Å². The zero-order chi connectivity index (χ0) is 15.2. The van der Waals surface area contributed by atoms with Crippen LogP contribution in [-0.2, 0) is 0 Å². The monoisotopic (exact) mass is 262 g/mol. The van der Waals surface area contributed by atoms with E-state index in [4.69, 9.17) is 0 Å². The zero-order valence-electron chi connectivity index (χ0n) is 14.9. The third-order valence-corrected chi connectivity index (χ3v) is 2.05. The molecule has 0 aromatic carbocycles. The Bertz CT molecular complexity index is 77.2. The molecule has 0 saturated carbocycles. The average Bonchev–Trinajstić information content (AvgIpc) is 2.48. The molecule has 0 heterocycles. The summed E-state index contributed by atoms with van der Waals surface area (Å²) >= 11 is 0. The van der Waals surface area contributed by atoms with Crippen LogP contribution in [0.15, 0.2) is 0 Å². The molecule has 0 rings (SSSR count). The van der Waals surface area contributed by atoms with Gasteiger partial charge in [0.25, 0.3) is 0 Å². The van der Waals surface area contributed by atoms with Gasteiger partial charge in [-0.2, -0.15) is 0 Å². The predicted octanol–water partition coefficient (Wildman–Crippen LogP) is 4.80. The first kappa shape index (κ1) is 26.5. The first-order valence-corrected chi connectivity index (χ1v) is 8.22. The van der Waals surface area contributed by atoms with Crippen molar-refractivity contribution in [1.82, 2.24) is 10.2 Å². The molecule has 0 amide bonds. The Hall–Kier alpha value is -0.0800. The van der Waals surface area contributed by atoms with Gasteiger partial charge in [-0.25, -0.2) is 0 Å². The minimum absolute atomic E-state index is 1.11. The van der Waals surface area contributed by atoms with Crippen molar-refractivity contribution in [3.8, 4) is 0 Å². The average molecular weight is 263 g/mol. The molecular formula is C16H42N2. The predicted molar refractivity (Wildman–Crippen MR) is 89.6 cm³/mol. The summed E-state index contributed by atoms with van der Waals surface area (Å²) < 4.78 is 0. The fourth-order valence-electron chi connectivity index (χ4n) is 1.30. The maximum Gasteiger partial charge on any atom is 0.0107 e. The van der Waals surface area contributed by atoms with Crippen molar-refractivity contribution in [1.29, 1.82) is 0 Å². The number of likely N-dealkylation sites (N-methyl/N-ethyl adjacent to an activating group) is 1. The highest BCUT2D eigenvalue weighted by atomic mass is 15.1. The van der Waals surface area contributed by atoms with Gasteiger partial charge in [0.1, 0.15) is 0 Å². The van der Waals surface area contributed by atoms with E-state index in [0.29, 0.717) is 0 Å². The lowest BCUT2D eigenvalue weighted by Crippen LogP contribution is -2.32. The maximum atomic E-state index is 3.19. The summed E-state index contributed by atoms with van der Waals surface area (Å²) in [6, 6.07) is 0. The first-order chi connectivity index (χ1) is 8.85. The first-order valence-electron chi connectivity index (χ1n) is 8.22. The van der Waals surface area contributed by atoms with Crippen molar-refractivity contribution < 1.29 is 0 Å². The molecule has 18 heavy (non-hydrogen) atoms. The van der Waals surface area contributed by atoms with E-state index in [1.807, 2.05) is 48.6 Å². The van der Waals surface area contributed by atoms with Crippen LogP contribution < -0.4 is 5.32 Å². The lowest BCUT2D eigenvalue weighted by molar-refractivity contribution is 0.271. The fraction of sp³-hybridized carbons (Fsp3) is 1.00. The molecule has 0 atom stereocenters. The van der Waals surface area contributed by atoms with Crippen LogP contribution in [-0.4, -0.2) is 38.1 Å². The van der Waals surface area contributed by atoms with E-state index in [1.54, 1.807) is 0 Å². The zero-order valence-corrected chi connectivity index (χ0v) is 14.9. The van der Waals surface area contributed by atoms with Crippen LogP contribution in [0.25, 0.3) is 0 Å². The highest BCUT2D eigenvalue weighted by molar-refractivity contribution is 4.57. The Kier molecular flexibility index (Phi) is 52.9. The molecule has 0 aromatic heterocycles. The molecule has 0 saturated heterocycles. The van der Waals surface area contributed by atoms with Crippen molar-refractivity contribution in [2.75, 3.05) is 33.2 Å². The van der Waals surface area contributed by atoms with Crippen molar-refractivity contribution in [2.24, 2.45) is 0 Å². The lowest BCUT2D eigenvalue weighted by atomic mass is 10.3. The smallest absolute Gasteiger partial charge is 0.0107 e. The molecule has 0 unspecified atom stereocenters. The molecule has 0 aliphatic rings. The number of nitrogens with one attached hydrogen (secondary N) is 1. The van der Waals surface area contributed by atoms with Crippen LogP contribution in [0.2, 0.25) is 0 Å². The molecule has 0 radical (unpaired) electrons. The summed E-state index contributed by atoms with van der Waals surface area (Å²) in [7, 11) is 2.02. The second kappa shape index (κ2) is 36.0. The van der Waals surface area contributed by atoms with Gasteiger partial charge >= 0.3 is 0 Å². The number of nitrogens with zero attached hydrogens (tertiary/aromatic N) is 1. The Morgan fingerprint density at radius 2 is 1.22 bits per heavy atom. The van der Waals surface area contributed by atoms with Gasteiger partial charge < -0.3 is 10.2 Å². The molecule has 0 aliphatic carbocycles. The summed E-state index contributed by atoms with van der Waals surface area (Å²) in [6.45, 7) is 21.3. The van der Waals surface area contributed by atoms with Crippen molar-refractivity contribution in [2.45, 2.75) is 74.7 Å². The van der Waals surface area contributed by atoms with Crippen molar-refractivity contribution >= 4 is 0 Å². The third kappa shape index (κ3) is 29.7. The van der Waals surface area contributed by atoms with E-state index < -0.39 is 0 Å². The Balaban J connectivity index is -0.000000141. The summed E-state index contributed by atoms with van der Waals surface area (Å²) in [5.41, 5.74) is 0. The van der Waals surface area contributed by atoms with E-state index in [9.17, 15) is 0 Å². The highest BCUT2D eigenvalue weighted by Gasteiger charge is 2.00. The highest BCUT2D eigenvalue weighted by Crippen LogP contribution is 1.95. The van der Waals surface area contributed by atoms with Gasteiger partial charge in [0, 0.05) is 13.1 Å². The van der Waals surface area contributed by atoms with Gasteiger partial charge in [-0.1, -0.05) is 61.8 Å². The Morgan fingerprint density at radius 1 is 0.722 bits per heavy atom. The van der Waals surface area contributed by atoms with Gasteiger partial charge in [0.2, 0.25) is 0 Å². The molecule has 0 spiro atoms. The number of unbranched alkanes of at least 4 members (excludes halogenated alkanes) is 1. The molecular weight excluding hydrogens is 220 g/mol. The summed E-state index contributed by atoms with van der Waals surface area (Å²) in [6.07, 6.45) is 3.91. The summed E-state index contributed by atoms with van der Waals surface area (Å²) in [5.74, 6) is 0. The Morgan fingerprint density at radius 3 is 1.56 bits per heavy atom. The van der Waals surface area contributed by atoms with Crippen LogP contribution >= 0.6 is 0 Å². The minimum atomic E-state index is 1.11. The SMILES string of the molecule is CC.CC.CC.CCCCN(CCC)CCNC. The second-order valence-electron chi connectivity index (χ2n) is 3.30. The molecule has 116 valence electrons. The number of hydrogen-bond donors (Lipinski definition) is 1. The second-order valence-corrected chi connectivity index (χ2v) is 3.30. The molecule has 1 N–H and O–H groups in total. The van der Waals surface area contributed by atoms with E-state index in [1.165, 1.54) is 38.9 Å². The standard InChI is InChI=1S/C10H24N2.3C2H6/c1-4-6-9-12(8-5-2)10-7-11-3;3*1-2/h11H,4-10H2,1-3H3;3*1-2H3. The summed E-state index contributed by atoms with van der Waals surface area (Å²) in [5, 5.41) is 3.19. The molecule has 2 nitrogen and oxygen atoms in total.